The van der Waals surface area contributed by atoms with Crippen molar-refractivity contribution in [3.05, 3.63) is 46.7 Å². The van der Waals surface area contributed by atoms with Gasteiger partial charge in [-0.3, -0.25) is 4.79 Å². The first-order valence-corrected chi connectivity index (χ1v) is 7.72. The minimum atomic E-state index is -2.39. The van der Waals surface area contributed by atoms with E-state index in [1.807, 2.05) is 0 Å². The predicted molar refractivity (Wildman–Crippen MR) is 85.3 cm³/mol. The van der Waals surface area contributed by atoms with Gasteiger partial charge >= 0.3 is 5.97 Å². The summed E-state index contributed by atoms with van der Waals surface area (Å²) in [5, 5.41) is 13.7. The minimum Gasteiger partial charge on any atom is -0.479 e. The van der Waals surface area contributed by atoms with Gasteiger partial charge in [0.2, 0.25) is 5.67 Å². The SMILES string of the molecule is Cc1cn(-c2ccccc2Cl)nc1C(=O)N1CCC(F)(C(=O)O)C1. The molecule has 2 aromatic rings. The number of carbonyl (C=O) groups is 2. The zero-order chi connectivity index (χ0) is 17.5. The molecule has 0 saturated carbocycles. The Bertz CT molecular complexity index is 823. The Morgan fingerprint density at radius 1 is 1.38 bits per heavy atom. The van der Waals surface area contributed by atoms with Crippen LogP contribution in [-0.2, 0) is 4.79 Å². The van der Waals surface area contributed by atoms with Crippen LogP contribution in [0.25, 0.3) is 5.69 Å². The van der Waals surface area contributed by atoms with Gasteiger partial charge in [0.15, 0.2) is 5.69 Å². The van der Waals surface area contributed by atoms with Crippen LogP contribution in [0.3, 0.4) is 0 Å². The highest BCUT2D eigenvalue weighted by Gasteiger charge is 2.47. The lowest BCUT2D eigenvalue weighted by molar-refractivity contribution is -0.149. The Hall–Kier alpha value is -2.41. The maximum atomic E-state index is 14.1. The number of halogens is 2. The van der Waals surface area contributed by atoms with Gasteiger partial charge < -0.3 is 10.0 Å². The quantitative estimate of drug-likeness (QED) is 0.921. The lowest BCUT2D eigenvalue weighted by Crippen LogP contribution is -2.39. The summed E-state index contributed by atoms with van der Waals surface area (Å²) < 4.78 is 15.6. The van der Waals surface area contributed by atoms with Crippen molar-refractivity contribution < 1.29 is 19.1 Å². The van der Waals surface area contributed by atoms with Crippen molar-refractivity contribution >= 4 is 23.5 Å². The molecule has 0 radical (unpaired) electrons. The lowest BCUT2D eigenvalue weighted by Gasteiger charge is -2.17. The molecule has 1 aromatic carbocycles. The fourth-order valence-corrected chi connectivity index (χ4v) is 2.93. The molecule has 1 unspecified atom stereocenters. The summed E-state index contributed by atoms with van der Waals surface area (Å²) >= 11 is 6.13. The number of para-hydroxylation sites is 1. The average Bonchev–Trinajstić information content (AvgIpc) is 3.12. The molecule has 1 aliphatic rings. The molecule has 1 fully saturated rings. The van der Waals surface area contributed by atoms with Crippen LogP contribution in [0.1, 0.15) is 22.5 Å². The Balaban J connectivity index is 1.87. The summed E-state index contributed by atoms with van der Waals surface area (Å²) in [5.41, 5.74) is -1.02. The number of carboxylic acids is 1. The Kier molecular flexibility index (Phi) is 4.04. The second-order valence-corrected chi connectivity index (χ2v) is 6.21. The number of rotatable bonds is 3. The highest BCUT2D eigenvalue weighted by Crippen LogP contribution is 2.28. The maximum Gasteiger partial charge on any atom is 0.343 e. The van der Waals surface area contributed by atoms with E-state index in [1.165, 1.54) is 9.58 Å². The molecular weight excluding hydrogens is 337 g/mol. The predicted octanol–water partition coefficient (Wildman–Crippen LogP) is 2.47. The number of likely N-dealkylation sites (tertiary alicyclic amines) is 1. The van der Waals surface area contributed by atoms with Gasteiger partial charge in [-0.05, 0) is 19.1 Å². The molecule has 1 saturated heterocycles. The number of alkyl halides is 1. The van der Waals surface area contributed by atoms with Crippen molar-refractivity contribution in [3.63, 3.8) is 0 Å². The van der Waals surface area contributed by atoms with E-state index in [9.17, 15) is 14.0 Å². The molecular formula is C16H15ClFN3O3. The van der Waals surface area contributed by atoms with E-state index in [0.29, 0.717) is 16.3 Å². The van der Waals surface area contributed by atoms with Gasteiger partial charge in [-0.2, -0.15) is 5.10 Å². The molecule has 0 spiro atoms. The molecule has 1 amide bonds. The van der Waals surface area contributed by atoms with E-state index < -0.39 is 24.1 Å². The van der Waals surface area contributed by atoms with E-state index in [2.05, 4.69) is 5.10 Å². The number of carbonyl (C=O) groups excluding carboxylic acids is 1. The average molecular weight is 352 g/mol. The zero-order valence-electron chi connectivity index (χ0n) is 12.9. The fraction of sp³-hybridized carbons (Fsp3) is 0.312. The summed E-state index contributed by atoms with van der Waals surface area (Å²) in [6.45, 7) is 1.28. The third-order valence-electron chi connectivity index (χ3n) is 4.09. The number of amides is 1. The van der Waals surface area contributed by atoms with Gasteiger partial charge in [-0.1, -0.05) is 23.7 Å². The maximum absolute atomic E-state index is 14.1. The van der Waals surface area contributed by atoms with Gasteiger partial charge in [-0.25, -0.2) is 13.9 Å². The molecule has 1 aliphatic heterocycles. The van der Waals surface area contributed by atoms with E-state index in [1.54, 1.807) is 37.4 Å². The lowest BCUT2D eigenvalue weighted by atomic mass is 10.1. The third-order valence-corrected chi connectivity index (χ3v) is 4.41. The molecule has 1 aromatic heterocycles. The Labute approximate surface area is 142 Å². The summed E-state index contributed by atoms with van der Waals surface area (Å²) in [7, 11) is 0. The molecule has 3 rings (SSSR count). The number of aromatic nitrogens is 2. The second-order valence-electron chi connectivity index (χ2n) is 5.80. The molecule has 0 bridgehead atoms. The van der Waals surface area contributed by atoms with Crippen LogP contribution >= 0.6 is 11.6 Å². The number of nitrogens with zero attached hydrogens (tertiary/aromatic N) is 3. The molecule has 1 atom stereocenters. The highest BCUT2D eigenvalue weighted by atomic mass is 35.5. The van der Waals surface area contributed by atoms with Gasteiger partial charge in [0.25, 0.3) is 5.91 Å². The Morgan fingerprint density at radius 2 is 2.08 bits per heavy atom. The fourth-order valence-electron chi connectivity index (χ4n) is 2.70. The number of benzene rings is 1. The third kappa shape index (κ3) is 2.75. The van der Waals surface area contributed by atoms with Gasteiger partial charge in [0.1, 0.15) is 0 Å². The largest absolute Gasteiger partial charge is 0.479 e. The topological polar surface area (TPSA) is 75.4 Å². The molecule has 126 valence electrons. The summed E-state index contributed by atoms with van der Waals surface area (Å²) in [6.07, 6.45) is 1.43. The smallest absolute Gasteiger partial charge is 0.343 e. The van der Waals surface area contributed by atoms with Crippen molar-refractivity contribution in [3.8, 4) is 5.69 Å². The van der Waals surface area contributed by atoms with E-state index in [0.717, 1.165) is 0 Å². The van der Waals surface area contributed by atoms with Crippen molar-refractivity contribution in [2.24, 2.45) is 0 Å². The molecule has 2 heterocycles. The molecule has 8 heteroatoms. The van der Waals surface area contributed by atoms with Crippen molar-refractivity contribution in [1.29, 1.82) is 0 Å². The summed E-state index contributed by atoms with van der Waals surface area (Å²) in [5.74, 6) is -2.03. The van der Waals surface area contributed by atoms with Crippen LogP contribution in [-0.4, -0.2) is 50.4 Å². The van der Waals surface area contributed by atoms with Crippen LogP contribution < -0.4 is 0 Å². The van der Waals surface area contributed by atoms with Crippen molar-refractivity contribution in [1.82, 2.24) is 14.7 Å². The first-order chi connectivity index (χ1) is 11.3. The van der Waals surface area contributed by atoms with Crippen molar-refractivity contribution in [2.75, 3.05) is 13.1 Å². The van der Waals surface area contributed by atoms with Crippen LogP contribution in [0.5, 0.6) is 0 Å². The van der Waals surface area contributed by atoms with Gasteiger partial charge in [-0.15, -0.1) is 0 Å². The van der Waals surface area contributed by atoms with E-state index in [4.69, 9.17) is 16.7 Å². The summed E-state index contributed by atoms with van der Waals surface area (Å²) in [6, 6.07) is 7.05. The van der Waals surface area contributed by atoms with Crippen LogP contribution in [0, 0.1) is 6.92 Å². The number of hydrogen-bond donors (Lipinski definition) is 1. The zero-order valence-corrected chi connectivity index (χ0v) is 13.6. The molecule has 1 N–H and O–H groups in total. The second kappa shape index (κ2) is 5.90. The van der Waals surface area contributed by atoms with E-state index in [-0.39, 0.29) is 18.7 Å². The first-order valence-electron chi connectivity index (χ1n) is 7.34. The molecule has 24 heavy (non-hydrogen) atoms. The van der Waals surface area contributed by atoms with Crippen molar-refractivity contribution in [2.45, 2.75) is 19.0 Å². The standard InChI is InChI=1S/C16H15ClFN3O3/c1-10-8-21(12-5-3-2-4-11(12)17)19-13(10)14(22)20-7-6-16(18,9-20)15(23)24/h2-5,8H,6-7,9H2,1H3,(H,23,24). The van der Waals surface area contributed by atoms with Crippen LogP contribution in [0.15, 0.2) is 30.5 Å². The number of carboxylic acid groups (broad SMARTS) is 1. The normalized spacial score (nSPS) is 20.4. The Morgan fingerprint density at radius 3 is 2.71 bits per heavy atom. The van der Waals surface area contributed by atoms with Gasteiger partial charge in [0.05, 0.1) is 17.3 Å². The number of aliphatic carboxylic acids is 1. The molecule has 6 nitrogen and oxygen atoms in total. The highest BCUT2D eigenvalue weighted by molar-refractivity contribution is 6.32. The number of aryl methyl sites for hydroxylation is 1. The first kappa shape index (κ1) is 16.4. The molecule has 0 aliphatic carbocycles. The van der Waals surface area contributed by atoms with Crippen LogP contribution in [0.2, 0.25) is 5.02 Å². The van der Waals surface area contributed by atoms with Crippen LogP contribution in [0.4, 0.5) is 4.39 Å². The van der Waals surface area contributed by atoms with E-state index >= 15 is 0 Å². The minimum absolute atomic E-state index is 0.0417. The number of hydrogen-bond acceptors (Lipinski definition) is 3. The van der Waals surface area contributed by atoms with Gasteiger partial charge in [0, 0.05) is 24.7 Å². The summed E-state index contributed by atoms with van der Waals surface area (Å²) in [4.78, 5) is 24.7. The monoisotopic (exact) mass is 351 g/mol.